The summed E-state index contributed by atoms with van der Waals surface area (Å²) in [6.07, 6.45) is 5.63. The molecule has 0 aromatic rings. The molecule has 0 rings (SSSR count). The normalized spacial score (nSPS) is 11.0. The van der Waals surface area contributed by atoms with Crippen molar-refractivity contribution in [3.05, 3.63) is 0 Å². The summed E-state index contributed by atoms with van der Waals surface area (Å²) in [7, 11) is 0. The van der Waals surface area contributed by atoms with E-state index in [1.807, 2.05) is 0 Å². The van der Waals surface area contributed by atoms with Gasteiger partial charge in [0.2, 0.25) is 17.7 Å². The number of aldehydes is 1. The van der Waals surface area contributed by atoms with Crippen molar-refractivity contribution in [3.8, 4) is 0 Å². The van der Waals surface area contributed by atoms with Crippen LogP contribution in [0.3, 0.4) is 0 Å². The van der Waals surface area contributed by atoms with Crippen LogP contribution in [0.15, 0.2) is 0 Å². The first kappa shape index (κ1) is 33.9. The largest absolute Gasteiger partial charge is 0.355 e. The minimum atomic E-state index is -0.00929. The van der Waals surface area contributed by atoms with E-state index in [0.29, 0.717) is 77.8 Å². The van der Waals surface area contributed by atoms with Gasteiger partial charge in [0.05, 0.1) is 0 Å². The molecule has 0 saturated heterocycles. The van der Waals surface area contributed by atoms with Crippen LogP contribution in [0.4, 0.5) is 0 Å². The van der Waals surface area contributed by atoms with Gasteiger partial charge in [0.1, 0.15) is 6.29 Å². The van der Waals surface area contributed by atoms with Gasteiger partial charge in [0.25, 0.3) is 0 Å². The van der Waals surface area contributed by atoms with E-state index < -0.39 is 0 Å². The van der Waals surface area contributed by atoms with Crippen LogP contribution < -0.4 is 33.2 Å². The van der Waals surface area contributed by atoms with E-state index in [1.54, 1.807) is 0 Å². The molecule has 0 fully saturated rings. The van der Waals surface area contributed by atoms with Gasteiger partial charge in [-0.2, -0.15) is 0 Å². The van der Waals surface area contributed by atoms with E-state index in [2.05, 4.69) is 25.8 Å². The molecule has 0 radical (unpaired) electrons. The second-order valence-corrected chi connectivity index (χ2v) is 8.72. The first-order valence-corrected chi connectivity index (χ1v) is 13.2. The zero-order valence-electron chi connectivity index (χ0n) is 22.0. The molecule has 0 aromatic heterocycles. The van der Waals surface area contributed by atoms with Crippen LogP contribution in [0.1, 0.15) is 51.4 Å². The quantitative estimate of drug-likeness (QED) is 0.0599. The van der Waals surface area contributed by atoms with Gasteiger partial charge >= 0.3 is 0 Å². The summed E-state index contributed by atoms with van der Waals surface area (Å²) in [5.74, 6) is -0.0225. The molecular weight excluding hydrogens is 464 g/mol. The van der Waals surface area contributed by atoms with Crippen LogP contribution in [0.2, 0.25) is 0 Å². The number of carbonyl (C=O) groups excluding carboxylic acids is 4. The second-order valence-electron chi connectivity index (χ2n) is 8.72. The molecule has 36 heavy (non-hydrogen) atoms. The molecule has 12 heteroatoms. The molecule has 0 bridgehead atoms. The Morgan fingerprint density at radius 2 is 0.889 bits per heavy atom. The van der Waals surface area contributed by atoms with Crippen molar-refractivity contribution in [3.63, 3.8) is 0 Å². The van der Waals surface area contributed by atoms with E-state index in [-0.39, 0.29) is 17.7 Å². The Bertz CT molecular complexity index is 568. The third-order valence-electron chi connectivity index (χ3n) is 5.56. The summed E-state index contributed by atoms with van der Waals surface area (Å²) >= 11 is 0. The van der Waals surface area contributed by atoms with Crippen LogP contribution >= 0.6 is 0 Å². The minimum Gasteiger partial charge on any atom is -0.355 e. The highest BCUT2D eigenvalue weighted by Crippen LogP contribution is 2.04. The maximum Gasteiger partial charge on any atom is 0.220 e. The SMILES string of the molecule is NCCNC(=O)CCCN(CCCC=O)CCN(CCCC(=O)NCCN)CCCC(=O)NCCN. The predicted octanol–water partition coefficient (Wildman–Crippen LogP) is -1.87. The summed E-state index contributed by atoms with van der Waals surface area (Å²) in [4.78, 5) is 51.0. The van der Waals surface area contributed by atoms with E-state index in [4.69, 9.17) is 17.2 Å². The Morgan fingerprint density at radius 1 is 0.556 bits per heavy atom. The van der Waals surface area contributed by atoms with Crippen molar-refractivity contribution >= 4 is 24.0 Å². The van der Waals surface area contributed by atoms with Crippen LogP contribution in [0.5, 0.6) is 0 Å². The van der Waals surface area contributed by atoms with Crippen molar-refractivity contribution in [2.24, 2.45) is 17.2 Å². The fourth-order valence-electron chi connectivity index (χ4n) is 3.64. The first-order chi connectivity index (χ1) is 17.5. The van der Waals surface area contributed by atoms with Gasteiger partial charge in [-0.3, -0.25) is 14.4 Å². The lowest BCUT2D eigenvalue weighted by atomic mass is 10.2. The Hall–Kier alpha value is -2.12. The fraction of sp³-hybridized carbons (Fsp3) is 0.833. The molecule has 0 aromatic carbocycles. The van der Waals surface area contributed by atoms with Crippen molar-refractivity contribution < 1.29 is 19.2 Å². The average molecular weight is 515 g/mol. The van der Waals surface area contributed by atoms with Gasteiger partial charge in [-0.1, -0.05) is 0 Å². The van der Waals surface area contributed by atoms with Crippen molar-refractivity contribution in [1.82, 2.24) is 25.8 Å². The van der Waals surface area contributed by atoms with Gasteiger partial charge in [-0.05, 0) is 51.9 Å². The number of hydrogen-bond donors (Lipinski definition) is 6. The van der Waals surface area contributed by atoms with Gasteiger partial charge in [-0.15, -0.1) is 0 Å². The summed E-state index contributed by atoms with van der Waals surface area (Å²) in [5, 5.41) is 8.35. The molecule has 12 nitrogen and oxygen atoms in total. The molecule has 0 aliphatic carbocycles. The summed E-state index contributed by atoms with van der Waals surface area (Å²) in [5.41, 5.74) is 16.3. The molecule has 0 aliphatic heterocycles. The van der Waals surface area contributed by atoms with Gasteiger partial charge in [0.15, 0.2) is 0 Å². The summed E-state index contributed by atoms with van der Waals surface area (Å²) in [6.45, 7) is 7.24. The number of unbranched alkanes of at least 4 members (excludes halogenated alkanes) is 1. The minimum absolute atomic E-state index is 0.00394. The number of amides is 3. The topological polar surface area (TPSA) is 189 Å². The number of rotatable bonds is 25. The summed E-state index contributed by atoms with van der Waals surface area (Å²) < 4.78 is 0. The highest BCUT2D eigenvalue weighted by molar-refractivity contribution is 5.76. The maximum absolute atomic E-state index is 11.9. The Kier molecular flexibility index (Phi) is 23.1. The van der Waals surface area contributed by atoms with Crippen LogP contribution in [-0.4, -0.2) is 112 Å². The Balaban J connectivity index is 4.76. The predicted molar refractivity (Wildman–Crippen MR) is 142 cm³/mol. The van der Waals surface area contributed by atoms with Crippen molar-refractivity contribution in [1.29, 1.82) is 0 Å². The van der Waals surface area contributed by atoms with E-state index in [1.165, 1.54) is 0 Å². The lowest BCUT2D eigenvalue weighted by Crippen LogP contribution is -2.38. The third kappa shape index (κ3) is 21.2. The zero-order chi connectivity index (χ0) is 26.9. The zero-order valence-corrected chi connectivity index (χ0v) is 22.0. The highest BCUT2D eigenvalue weighted by Gasteiger charge is 2.12. The standard InChI is InChI=1S/C24H50N8O4/c25-9-12-28-22(34)6-3-16-31(15-1-2-21-33)19-20-32(17-4-7-23(35)29-13-10-26)18-5-8-24(36)30-14-11-27/h21H,1-20,25-27H2,(H,28,34)(H,29,35)(H,30,36). The number of hydrogen-bond acceptors (Lipinski definition) is 9. The Morgan fingerprint density at radius 3 is 1.19 bits per heavy atom. The van der Waals surface area contributed by atoms with E-state index in [0.717, 1.165) is 58.4 Å². The fourth-order valence-corrected chi connectivity index (χ4v) is 3.64. The molecule has 0 aliphatic rings. The average Bonchev–Trinajstić information content (AvgIpc) is 2.87. The molecular formula is C24H50N8O4. The highest BCUT2D eigenvalue weighted by atomic mass is 16.2. The van der Waals surface area contributed by atoms with Crippen molar-refractivity contribution in [2.75, 3.05) is 78.5 Å². The van der Waals surface area contributed by atoms with Crippen LogP contribution in [0, 0.1) is 0 Å². The second kappa shape index (κ2) is 24.6. The molecule has 0 unspecified atom stereocenters. The number of carbonyl (C=O) groups is 4. The van der Waals surface area contributed by atoms with Gasteiger partial charge in [0, 0.05) is 78.0 Å². The van der Waals surface area contributed by atoms with Gasteiger partial charge < -0.3 is 47.7 Å². The third-order valence-corrected chi connectivity index (χ3v) is 5.56. The first-order valence-electron chi connectivity index (χ1n) is 13.2. The lowest BCUT2D eigenvalue weighted by Gasteiger charge is -2.28. The monoisotopic (exact) mass is 514 g/mol. The van der Waals surface area contributed by atoms with E-state index in [9.17, 15) is 19.2 Å². The van der Waals surface area contributed by atoms with E-state index >= 15 is 0 Å². The van der Waals surface area contributed by atoms with Crippen LogP contribution in [-0.2, 0) is 19.2 Å². The molecule has 3 amide bonds. The number of nitrogens with two attached hydrogens (primary N) is 3. The lowest BCUT2D eigenvalue weighted by molar-refractivity contribution is -0.122. The van der Waals surface area contributed by atoms with Crippen LogP contribution in [0.25, 0.3) is 0 Å². The number of nitrogens with one attached hydrogen (secondary N) is 3. The molecule has 9 N–H and O–H groups in total. The molecule has 0 spiro atoms. The van der Waals surface area contributed by atoms with Crippen molar-refractivity contribution in [2.45, 2.75) is 51.4 Å². The number of nitrogens with zero attached hydrogens (tertiary/aromatic N) is 2. The Labute approximate surface area is 216 Å². The summed E-state index contributed by atoms with van der Waals surface area (Å²) in [6, 6.07) is 0. The molecule has 0 atom stereocenters. The van der Waals surface area contributed by atoms with Gasteiger partial charge in [-0.25, -0.2) is 0 Å². The molecule has 210 valence electrons. The smallest absolute Gasteiger partial charge is 0.220 e. The molecule has 0 heterocycles. The molecule has 0 saturated carbocycles. The maximum atomic E-state index is 11.9.